The van der Waals surface area contributed by atoms with Crippen LogP contribution in [-0.4, -0.2) is 14.5 Å². The molecule has 1 unspecified atom stereocenters. The summed E-state index contributed by atoms with van der Waals surface area (Å²) in [7, 11) is 0. The molecule has 0 bridgehead atoms. The predicted octanol–water partition coefficient (Wildman–Crippen LogP) is 3.81. The van der Waals surface area contributed by atoms with Crippen LogP contribution in [0.25, 0.3) is 10.9 Å². The Labute approximate surface area is 135 Å². The molecule has 0 aliphatic carbocycles. The van der Waals surface area contributed by atoms with Crippen molar-refractivity contribution in [2.45, 2.75) is 25.6 Å². The summed E-state index contributed by atoms with van der Waals surface area (Å²) in [5.41, 5.74) is -1.05. The van der Waals surface area contributed by atoms with Crippen molar-refractivity contribution >= 4 is 10.9 Å². The molecule has 7 heteroatoms. The van der Waals surface area contributed by atoms with E-state index in [9.17, 15) is 18.0 Å². The van der Waals surface area contributed by atoms with E-state index >= 15 is 0 Å². The minimum Gasteiger partial charge on any atom is -0.290 e. The van der Waals surface area contributed by atoms with Crippen LogP contribution in [0.1, 0.15) is 30.6 Å². The van der Waals surface area contributed by atoms with Crippen molar-refractivity contribution in [2.75, 3.05) is 0 Å². The Morgan fingerprint density at radius 3 is 2.54 bits per heavy atom. The topological polar surface area (TPSA) is 47.8 Å². The lowest BCUT2D eigenvalue weighted by Gasteiger charge is -2.18. The molecule has 3 aromatic rings. The summed E-state index contributed by atoms with van der Waals surface area (Å²) in [5.74, 6) is 0. The minimum atomic E-state index is -4.62. The molecule has 0 amide bonds. The molecule has 4 nitrogen and oxygen atoms in total. The zero-order valence-corrected chi connectivity index (χ0v) is 12.8. The summed E-state index contributed by atoms with van der Waals surface area (Å²) in [6, 6.07) is 8.32. The number of hydrogen-bond acceptors (Lipinski definition) is 3. The van der Waals surface area contributed by atoms with Crippen LogP contribution in [0.5, 0.6) is 0 Å². The van der Waals surface area contributed by atoms with E-state index in [0.29, 0.717) is 12.1 Å². The number of nitrogens with zero attached hydrogens (tertiary/aromatic N) is 3. The minimum absolute atomic E-state index is 0.0296. The standard InChI is InChI=1S/C17H14F3N3O/c1-2-14(12-7-3-4-9-21-12)23-10-22-13-8-5-6-11(17(18,19)20)15(13)16(23)24/h3-10,14H,2H2,1H3. The molecule has 0 saturated carbocycles. The Hall–Kier alpha value is -2.70. The first-order chi connectivity index (χ1) is 11.4. The third-order valence-electron chi connectivity index (χ3n) is 3.87. The van der Waals surface area contributed by atoms with E-state index in [1.54, 1.807) is 24.4 Å². The van der Waals surface area contributed by atoms with E-state index in [4.69, 9.17) is 0 Å². The number of pyridine rings is 1. The van der Waals surface area contributed by atoms with E-state index in [2.05, 4.69) is 9.97 Å². The van der Waals surface area contributed by atoms with Crippen molar-refractivity contribution < 1.29 is 13.2 Å². The van der Waals surface area contributed by atoms with Gasteiger partial charge in [0.05, 0.1) is 34.5 Å². The van der Waals surface area contributed by atoms with Crippen LogP contribution in [0.3, 0.4) is 0 Å². The first-order valence-corrected chi connectivity index (χ1v) is 7.41. The second-order valence-corrected chi connectivity index (χ2v) is 5.33. The van der Waals surface area contributed by atoms with Gasteiger partial charge in [-0.1, -0.05) is 19.1 Å². The van der Waals surface area contributed by atoms with Gasteiger partial charge < -0.3 is 0 Å². The largest absolute Gasteiger partial charge is 0.417 e. The van der Waals surface area contributed by atoms with Crippen molar-refractivity contribution in [1.82, 2.24) is 14.5 Å². The van der Waals surface area contributed by atoms with Crippen LogP contribution in [-0.2, 0) is 6.18 Å². The molecule has 0 spiro atoms. The van der Waals surface area contributed by atoms with Crippen molar-refractivity contribution in [3.63, 3.8) is 0 Å². The van der Waals surface area contributed by atoms with Gasteiger partial charge in [-0.15, -0.1) is 0 Å². The van der Waals surface area contributed by atoms with Crippen molar-refractivity contribution in [3.05, 3.63) is 70.5 Å². The molecule has 124 valence electrons. The molecule has 0 fully saturated rings. The van der Waals surface area contributed by atoms with Gasteiger partial charge in [0.15, 0.2) is 0 Å². The molecule has 24 heavy (non-hydrogen) atoms. The average molecular weight is 333 g/mol. The molecule has 0 saturated heterocycles. The lowest BCUT2D eigenvalue weighted by atomic mass is 10.1. The van der Waals surface area contributed by atoms with Gasteiger partial charge in [-0.2, -0.15) is 13.2 Å². The third-order valence-corrected chi connectivity index (χ3v) is 3.87. The Kier molecular flexibility index (Phi) is 4.09. The van der Waals surface area contributed by atoms with Gasteiger partial charge in [0.2, 0.25) is 0 Å². The molecular formula is C17H14F3N3O. The van der Waals surface area contributed by atoms with Gasteiger partial charge in [0.25, 0.3) is 5.56 Å². The molecular weight excluding hydrogens is 319 g/mol. The van der Waals surface area contributed by atoms with Gasteiger partial charge in [0, 0.05) is 6.20 Å². The third kappa shape index (κ3) is 2.77. The second-order valence-electron chi connectivity index (χ2n) is 5.33. The lowest BCUT2D eigenvalue weighted by molar-refractivity contribution is -0.136. The van der Waals surface area contributed by atoms with Crippen LogP contribution < -0.4 is 5.56 Å². The lowest BCUT2D eigenvalue weighted by Crippen LogP contribution is -2.27. The van der Waals surface area contributed by atoms with E-state index in [1.165, 1.54) is 23.0 Å². The van der Waals surface area contributed by atoms with Crippen molar-refractivity contribution in [1.29, 1.82) is 0 Å². The smallest absolute Gasteiger partial charge is 0.290 e. The van der Waals surface area contributed by atoms with Gasteiger partial charge in [0.1, 0.15) is 0 Å². The van der Waals surface area contributed by atoms with E-state index in [1.807, 2.05) is 6.92 Å². The number of benzene rings is 1. The predicted molar refractivity (Wildman–Crippen MR) is 83.7 cm³/mol. The molecule has 0 N–H and O–H groups in total. The van der Waals surface area contributed by atoms with Gasteiger partial charge >= 0.3 is 6.18 Å². The van der Waals surface area contributed by atoms with Crippen molar-refractivity contribution in [3.8, 4) is 0 Å². The Morgan fingerprint density at radius 2 is 1.92 bits per heavy atom. The fraction of sp³-hybridized carbons (Fsp3) is 0.235. The summed E-state index contributed by atoms with van der Waals surface area (Å²) in [5, 5.41) is -0.415. The average Bonchev–Trinajstić information content (AvgIpc) is 2.57. The maximum absolute atomic E-state index is 13.2. The summed E-state index contributed by atoms with van der Waals surface area (Å²) in [4.78, 5) is 21.0. The fourth-order valence-corrected chi connectivity index (χ4v) is 2.76. The highest BCUT2D eigenvalue weighted by molar-refractivity contribution is 5.81. The van der Waals surface area contributed by atoms with Crippen molar-refractivity contribution in [2.24, 2.45) is 0 Å². The molecule has 2 heterocycles. The number of hydrogen-bond donors (Lipinski definition) is 0. The van der Waals surface area contributed by atoms with Crippen LogP contribution in [0.4, 0.5) is 13.2 Å². The molecule has 0 aliphatic heterocycles. The summed E-state index contributed by atoms with van der Waals surface area (Å²) >= 11 is 0. The maximum atomic E-state index is 13.2. The van der Waals surface area contributed by atoms with E-state index in [0.717, 1.165) is 6.07 Å². The zero-order valence-electron chi connectivity index (χ0n) is 12.8. The monoisotopic (exact) mass is 333 g/mol. The SMILES string of the molecule is CCC(c1ccccn1)n1cnc2cccc(C(F)(F)F)c2c1=O. The number of alkyl halides is 3. The first-order valence-electron chi connectivity index (χ1n) is 7.41. The normalized spacial score (nSPS) is 13.2. The molecule has 0 radical (unpaired) electrons. The fourth-order valence-electron chi connectivity index (χ4n) is 2.76. The number of fused-ring (bicyclic) bond motifs is 1. The summed E-state index contributed by atoms with van der Waals surface area (Å²) in [6.45, 7) is 1.84. The summed E-state index contributed by atoms with van der Waals surface area (Å²) < 4.78 is 41.0. The quantitative estimate of drug-likeness (QED) is 0.732. The maximum Gasteiger partial charge on any atom is 0.417 e. The zero-order chi connectivity index (χ0) is 17.3. The molecule has 3 rings (SSSR count). The van der Waals surface area contributed by atoms with Crippen LogP contribution in [0.2, 0.25) is 0 Å². The second kappa shape index (κ2) is 6.07. The van der Waals surface area contributed by atoms with Crippen LogP contribution >= 0.6 is 0 Å². The Balaban J connectivity index is 2.27. The van der Waals surface area contributed by atoms with E-state index in [-0.39, 0.29) is 5.52 Å². The molecule has 1 atom stereocenters. The molecule has 2 aromatic heterocycles. The highest BCUT2D eigenvalue weighted by Crippen LogP contribution is 2.33. The van der Waals surface area contributed by atoms with Gasteiger partial charge in [-0.05, 0) is 30.7 Å². The first kappa shape index (κ1) is 16.2. The van der Waals surface area contributed by atoms with Gasteiger partial charge in [-0.3, -0.25) is 14.3 Å². The van der Waals surface area contributed by atoms with Gasteiger partial charge in [-0.25, -0.2) is 4.98 Å². The summed E-state index contributed by atoms with van der Waals surface area (Å²) in [6.07, 6.45) is -1.25. The highest BCUT2D eigenvalue weighted by Gasteiger charge is 2.34. The number of rotatable bonds is 3. The Morgan fingerprint density at radius 1 is 1.12 bits per heavy atom. The molecule has 1 aromatic carbocycles. The number of halogens is 3. The van der Waals surface area contributed by atoms with E-state index < -0.39 is 28.7 Å². The number of aromatic nitrogens is 3. The Bertz CT molecular complexity index is 920. The van der Waals surface area contributed by atoms with Crippen LogP contribution in [0.15, 0.2) is 53.7 Å². The highest BCUT2D eigenvalue weighted by atomic mass is 19.4. The van der Waals surface area contributed by atoms with Crippen LogP contribution in [0, 0.1) is 0 Å². The molecule has 0 aliphatic rings.